The predicted molar refractivity (Wildman–Crippen MR) is 122 cm³/mol. The molecule has 166 valence electrons. The Hall–Kier alpha value is -1.38. The summed E-state index contributed by atoms with van der Waals surface area (Å²) in [5.41, 5.74) is 0.0693. The van der Waals surface area contributed by atoms with E-state index in [9.17, 15) is 4.79 Å². The lowest BCUT2D eigenvalue weighted by Crippen LogP contribution is -2.60. The molecule has 2 aromatic heterocycles. The zero-order valence-corrected chi connectivity index (χ0v) is 19.4. The molecule has 31 heavy (non-hydrogen) atoms. The molecule has 4 saturated carbocycles. The van der Waals surface area contributed by atoms with E-state index in [1.807, 2.05) is 6.07 Å². The van der Waals surface area contributed by atoms with E-state index < -0.39 is 0 Å². The molecule has 0 radical (unpaired) electrons. The first kappa shape index (κ1) is 20.2. The molecule has 5 fully saturated rings. The van der Waals surface area contributed by atoms with Gasteiger partial charge in [0.05, 0.1) is 23.3 Å². The fourth-order valence-corrected chi connectivity index (χ4v) is 8.33. The van der Waals surface area contributed by atoms with Gasteiger partial charge in [-0.1, -0.05) is 17.8 Å². The van der Waals surface area contributed by atoms with E-state index in [-0.39, 0.29) is 17.6 Å². The first-order valence-corrected chi connectivity index (χ1v) is 13.5. The fraction of sp³-hybridized carbons (Fsp3) is 0.696. The van der Waals surface area contributed by atoms with Crippen molar-refractivity contribution in [1.29, 1.82) is 0 Å². The molecule has 1 saturated heterocycles. The van der Waals surface area contributed by atoms with Crippen molar-refractivity contribution in [2.24, 2.45) is 17.8 Å². The predicted octanol–water partition coefficient (Wildman–Crippen LogP) is 4.36. The maximum atomic E-state index is 13.0. The van der Waals surface area contributed by atoms with Gasteiger partial charge in [0.1, 0.15) is 0 Å². The molecule has 5 aliphatic rings. The second-order valence-electron chi connectivity index (χ2n) is 10.1. The number of aromatic nitrogens is 3. The Kier molecular flexibility index (Phi) is 5.35. The van der Waals surface area contributed by atoms with Crippen molar-refractivity contribution in [3.63, 3.8) is 0 Å². The highest BCUT2D eigenvalue weighted by molar-refractivity contribution is 7.99. The van der Waals surface area contributed by atoms with E-state index in [4.69, 9.17) is 4.74 Å². The Morgan fingerprint density at radius 3 is 2.65 bits per heavy atom. The van der Waals surface area contributed by atoms with Gasteiger partial charge in [0.25, 0.3) is 0 Å². The summed E-state index contributed by atoms with van der Waals surface area (Å²) in [6, 6.07) is 4.12. The summed E-state index contributed by atoms with van der Waals surface area (Å²) in [5, 5.41) is 15.3. The molecular weight excluding hydrogens is 428 g/mol. The molecule has 7 rings (SSSR count). The number of amides is 1. The van der Waals surface area contributed by atoms with Crippen LogP contribution in [0.3, 0.4) is 0 Å². The number of hydrogen-bond acceptors (Lipinski definition) is 6. The highest BCUT2D eigenvalue weighted by Gasteiger charge is 2.51. The zero-order chi connectivity index (χ0) is 20.8. The average Bonchev–Trinajstić information content (AvgIpc) is 3.48. The van der Waals surface area contributed by atoms with Gasteiger partial charge < -0.3 is 10.1 Å². The molecule has 4 bridgehead atoms. The minimum atomic E-state index is 0.0693. The molecule has 1 aliphatic heterocycles. The van der Waals surface area contributed by atoms with Crippen LogP contribution < -0.4 is 5.32 Å². The first-order valence-electron chi connectivity index (χ1n) is 11.7. The quantitative estimate of drug-likeness (QED) is 0.624. The zero-order valence-electron chi connectivity index (χ0n) is 17.8. The Bertz CT molecular complexity index is 900. The Morgan fingerprint density at radius 1 is 1.23 bits per heavy atom. The Labute approximate surface area is 191 Å². The van der Waals surface area contributed by atoms with Crippen LogP contribution in [0.1, 0.15) is 51.4 Å². The van der Waals surface area contributed by atoms with Gasteiger partial charge in [-0.05, 0) is 80.6 Å². The van der Waals surface area contributed by atoms with Crippen LogP contribution in [0.2, 0.25) is 0 Å². The Balaban J connectivity index is 1.14. The second-order valence-corrected chi connectivity index (χ2v) is 12.0. The van der Waals surface area contributed by atoms with E-state index in [2.05, 4.69) is 31.5 Å². The summed E-state index contributed by atoms with van der Waals surface area (Å²) in [6.45, 7) is 1.58. The number of carbonyl (C=O) groups excluding carboxylic acids is 1. The van der Waals surface area contributed by atoms with E-state index in [1.165, 1.54) is 50.3 Å². The van der Waals surface area contributed by atoms with E-state index >= 15 is 0 Å². The summed E-state index contributed by atoms with van der Waals surface area (Å²) >= 11 is 3.18. The largest absolute Gasteiger partial charge is 0.376 e. The minimum absolute atomic E-state index is 0.0693. The van der Waals surface area contributed by atoms with E-state index in [0.29, 0.717) is 5.75 Å². The van der Waals surface area contributed by atoms with Gasteiger partial charge in [-0.25, -0.2) is 0 Å². The highest BCUT2D eigenvalue weighted by Crippen LogP contribution is 2.55. The standard InChI is InChI=1S/C23H30N4O2S2/c28-20(24-23-10-15-7-16(11-23)9-17(8-15)12-23)14-31-22-26-25-21(19-4-2-6-30-19)27(22)13-18-3-1-5-29-18/h2,4,6,15-18H,1,3,5,7-14H2,(H,24,28)/t15?,16?,17?,18-,23?/m1/s1. The van der Waals surface area contributed by atoms with Gasteiger partial charge >= 0.3 is 0 Å². The molecule has 1 atom stereocenters. The maximum Gasteiger partial charge on any atom is 0.230 e. The third kappa shape index (κ3) is 4.07. The summed E-state index contributed by atoms with van der Waals surface area (Å²) < 4.78 is 8.03. The number of thiophene rings is 1. The number of rotatable bonds is 7. The van der Waals surface area contributed by atoms with Crippen molar-refractivity contribution < 1.29 is 9.53 Å². The van der Waals surface area contributed by atoms with Gasteiger partial charge in [0.2, 0.25) is 5.91 Å². The Morgan fingerprint density at radius 2 is 2.00 bits per heavy atom. The monoisotopic (exact) mass is 458 g/mol. The maximum absolute atomic E-state index is 13.0. The van der Waals surface area contributed by atoms with Crippen LogP contribution >= 0.6 is 23.1 Å². The molecule has 1 N–H and O–H groups in total. The second kappa shape index (κ2) is 8.19. The molecule has 0 aromatic carbocycles. The van der Waals surface area contributed by atoms with Gasteiger partial charge in [-0.2, -0.15) is 0 Å². The number of carbonyl (C=O) groups is 1. The number of nitrogens with one attached hydrogen (secondary N) is 1. The summed E-state index contributed by atoms with van der Waals surface area (Å²) in [7, 11) is 0. The van der Waals surface area contributed by atoms with E-state index in [1.54, 1.807) is 11.3 Å². The summed E-state index contributed by atoms with van der Waals surface area (Å²) in [5.74, 6) is 3.94. The molecule has 0 unspecified atom stereocenters. The normalized spacial score (nSPS) is 33.8. The third-order valence-electron chi connectivity index (χ3n) is 7.64. The average molecular weight is 459 g/mol. The van der Waals surface area contributed by atoms with Crippen molar-refractivity contribution in [2.45, 2.75) is 74.7 Å². The molecule has 2 aromatic rings. The van der Waals surface area contributed by atoms with Crippen molar-refractivity contribution in [1.82, 2.24) is 20.1 Å². The SMILES string of the molecule is O=C(CSc1nnc(-c2cccs2)n1C[C@H]1CCCO1)NC12CC3CC(CC(C3)C1)C2. The third-order valence-corrected chi connectivity index (χ3v) is 9.48. The van der Waals surface area contributed by atoms with Crippen molar-refractivity contribution in [3.8, 4) is 10.7 Å². The lowest BCUT2D eigenvalue weighted by molar-refractivity contribution is -0.124. The van der Waals surface area contributed by atoms with Gasteiger partial charge in [0.15, 0.2) is 11.0 Å². The molecule has 6 nitrogen and oxygen atoms in total. The number of nitrogens with zero attached hydrogens (tertiary/aromatic N) is 3. The van der Waals surface area contributed by atoms with Crippen molar-refractivity contribution in [2.75, 3.05) is 12.4 Å². The minimum Gasteiger partial charge on any atom is -0.376 e. The van der Waals surface area contributed by atoms with Crippen molar-refractivity contribution in [3.05, 3.63) is 17.5 Å². The van der Waals surface area contributed by atoms with Crippen LogP contribution in [0.4, 0.5) is 0 Å². The smallest absolute Gasteiger partial charge is 0.230 e. The first-order chi connectivity index (χ1) is 15.2. The van der Waals surface area contributed by atoms with Crippen LogP contribution in [0.25, 0.3) is 10.7 Å². The number of hydrogen-bond donors (Lipinski definition) is 1. The topological polar surface area (TPSA) is 69.0 Å². The number of thioether (sulfide) groups is 1. The summed E-state index contributed by atoms with van der Waals surface area (Å²) in [6.07, 6.45) is 10.1. The van der Waals surface area contributed by atoms with Crippen LogP contribution in [0, 0.1) is 17.8 Å². The van der Waals surface area contributed by atoms with Gasteiger partial charge in [-0.3, -0.25) is 9.36 Å². The van der Waals surface area contributed by atoms with Crippen LogP contribution in [-0.4, -0.2) is 44.7 Å². The van der Waals surface area contributed by atoms with Crippen molar-refractivity contribution >= 4 is 29.0 Å². The van der Waals surface area contributed by atoms with E-state index in [0.717, 1.165) is 59.6 Å². The fourth-order valence-electron chi connectivity index (χ4n) is 6.87. The summed E-state index contributed by atoms with van der Waals surface area (Å²) in [4.78, 5) is 14.1. The van der Waals surface area contributed by atoms with Crippen LogP contribution in [-0.2, 0) is 16.1 Å². The molecule has 3 heterocycles. The lowest BCUT2D eigenvalue weighted by Gasteiger charge is -2.56. The highest BCUT2D eigenvalue weighted by atomic mass is 32.2. The molecular formula is C23H30N4O2S2. The number of ether oxygens (including phenoxy) is 1. The van der Waals surface area contributed by atoms with Gasteiger partial charge in [0, 0.05) is 12.1 Å². The van der Waals surface area contributed by atoms with Gasteiger partial charge in [-0.15, -0.1) is 21.5 Å². The van der Waals surface area contributed by atoms with Crippen LogP contribution in [0.15, 0.2) is 22.7 Å². The molecule has 4 aliphatic carbocycles. The molecule has 0 spiro atoms. The van der Waals surface area contributed by atoms with Crippen LogP contribution in [0.5, 0.6) is 0 Å². The molecule has 1 amide bonds. The molecule has 8 heteroatoms. The lowest BCUT2D eigenvalue weighted by atomic mass is 9.53.